The van der Waals surface area contributed by atoms with Crippen LogP contribution >= 0.6 is 0 Å². The molecule has 0 aromatic carbocycles. The topological polar surface area (TPSA) is 112 Å². The minimum atomic E-state index is -4.12. The molecular weight excluding hydrogens is 545 g/mol. The van der Waals surface area contributed by atoms with Crippen molar-refractivity contribution in [2.24, 2.45) is 17.8 Å². The zero-order chi connectivity index (χ0) is 29.2. The summed E-state index contributed by atoms with van der Waals surface area (Å²) in [4.78, 5) is 24.2. The molecule has 0 radical (unpaired) electrons. The number of rotatable bonds is 9. The van der Waals surface area contributed by atoms with Gasteiger partial charge in [0.05, 0.1) is 52.2 Å². The minimum absolute atomic E-state index is 0.0137. The molecule has 2 N–H and O–H groups in total. The average molecular weight is 583 g/mol. The fourth-order valence-electron chi connectivity index (χ4n) is 5.85. The lowest BCUT2D eigenvalue weighted by Crippen LogP contribution is -2.35. The van der Waals surface area contributed by atoms with Crippen molar-refractivity contribution in [2.75, 3.05) is 18.9 Å². The molecule has 1 fully saturated rings. The number of fused-ring (bicyclic) bond motifs is 1. The summed E-state index contributed by atoms with van der Waals surface area (Å²) in [7, 11) is -3.42. The van der Waals surface area contributed by atoms with Crippen molar-refractivity contribution in [3.63, 3.8) is 0 Å². The monoisotopic (exact) mass is 582 g/mol. The number of nitrogens with zero attached hydrogens (tertiary/aromatic N) is 3. The number of hydrogen-bond acceptors (Lipinski definition) is 7. The Morgan fingerprint density at radius 3 is 2.40 bits per heavy atom. The van der Waals surface area contributed by atoms with Crippen LogP contribution in [0.1, 0.15) is 85.8 Å². The standard InChI is InChI=1S/C28H37F3N4O4S/c1-4-40(38,39)22-9-10-23(32-13-22)24(16-36)34-27(37)19-11-20-15-35(26(17(2)3)25(20)33-12-19)14-18-5-7-21(8-6-18)28(29,30)31/h9-13,17-18,21,24,26,36H,4-8,14-16H2,1-3H3,(H,34,37)/t18?,21?,24-,26?/m0/s1. The van der Waals surface area contributed by atoms with Crippen LogP contribution in [0.4, 0.5) is 13.2 Å². The number of sulfone groups is 1. The molecule has 12 heteroatoms. The van der Waals surface area contributed by atoms with E-state index in [2.05, 4.69) is 34.0 Å². The molecule has 40 heavy (non-hydrogen) atoms. The second kappa shape index (κ2) is 12.1. The molecule has 2 aromatic heterocycles. The van der Waals surface area contributed by atoms with E-state index in [1.165, 1.54) is 31.5 Å². The molecule has 4 rings (SSSR count). The number of aliphatic hydroxyl groups excluding tert-OH is 1. The van der Waals surface area contributed by atoms with Crippen LogP contribution in [0.15, 0.2) is 35.5 Å². The predicted molar refractivity (Wildman–Crippen MR) is 143 cm³/mol. The summed E-state index contributed by atoms with van der Waals surface area (Å²) in [5.41, 5.74) is 2.43. The summed E-state index contributed by atoms with van der Waals surface area (Å²) in [5.74, 6) is -1.30. The number of aromatic nitrogens is 2. The Labute approximate surface area is 233 Å². The lowest BCUT2D eigenvalue weighted by atomic mass is 9.81. The first-order valence-corrected chi connectivity index (χ1v) is 15.4. The first kappa shape index (κ1) is 30.4. The maximum atomic E-state index is 13.1. The van der Waals surface area contributed by atoms with Crippen LogP contribution < -0.4 is 5.32 Å². The van der Waals surface area contributed by atoms with E-state index in [0.717, 1.165) is 11.3 Å². The Hall–Kier alpha value is -2.57. The molecule has 3 heterocycles. The van der Waals surface area contributed by atoms with Crippen LogP contribution in [0.2, 0.25) is 0 Å². The average Bonchev–Trinajstić information content (AvgIpc) is 3.28. The largest absolute Gasteiger partial charge is 0.394 e. The van der Waals surface area contributed by atoms with Gasteiger partial charge in [0, 0.05) is 25.5 Å². The van der Waals surface area contributed by atoms with Crippen LogP contribution in [0.5, 0.6) is 0 Å². The zero-order valence-corrected chi connectivity index (χ0v) is 23.8. The molecule has 2 aliphatic rings. The normalized spacial score (nSPS) is 22.8. The third-order valence-corrected chi connectivity index (χ3v) is 9.81. The van der Waals surface area contributed by atoms with Crippen molar-refractivity contribution in [3.8, 4) is 0 Å². The molecule has 0 saturated heterocycles. The van der Waals surface area contributed by atoms with Gasteiger partial charge in [0.15, 0.2) is 9.84 Å². The van der Waals surface area contributed by atoms with Crippen LogP contribution in [0.25, 0.3) is 0 Å². The SMILES string of the molecule is CCS(=O)(=O)c1ccc([C@H](CO)NC(=O)c2cnc3c(c2)CN(CC2CCC(C(F)(F)F)CC2)C3C(C)C)nc1. The number of nitrogens with one attached hydrogen (secondary N) is 1. The van der Waals surface area contributed by atoms with Gasteiger partial charge in [-0.15, -0.1) is 0 Å². The molecular formula is C28H37F3N4O4S. The number of alkyl halides is 3. The van der Waals surface area contributed by atoms with Gasteiger partial charge in [-0.05, 0) is 61.3 Å². The molecule has 1 aliphatic heterocycles. The Balaban J connectivity index is 1.44. The zero-order valence-electron chi connectivity index (χ0n) is 23.0. The minimum Gasteiger partial charge on any atom is -0.394 e. The molecule has 2 aromatic rings. The molecule has 1 saturated carbocycles. The van der Waals surface area contributed by atoms with Crippen molar-refractivity contribution in [2.45, 2.75) is 76.2 Å². The molecule has 0 spiro atoms. The van der Waals surface area contributed by atoms with Crippen LogP contribution in [-0.2, 0) is 16.4 Å². The van der Waals surface area contributed by atoms with Crippen molar-refractivity contribution in [3.05, 3.63) is 53.1 Å². The smallest absolute Gasteiger partial charge is 0.391 e. The van der Waals surface area contributed by atoms with Crippen LogP contribution in [0, 0.1) is 17.8 Å². The molecule has 1 amide bonds. The highest BCUT2D eigenvalue weighted by Gasteiger charge is 2.42. The Bertz CT molecular complexity index is 1290. The maximum absolute atomic E-state index is 13.1. The van der Waals surface area contributed by atoms with Gasteiger partial charge in [0.25, 0.3) is 5.91 Å². The van der Waals surface area contributed by atoms with E-state index < -0.39 is 40.5 Å². The Kier molecular flexibility index (Phi) is 9.21. The number of pyridine rings is 2. The van der Waals surface area contributed by atoms with E-state index in [4.69, 9.17) is 0 Å². The lowest BCUT2D eigenvalue weighted by Gasteiger charge is -2.35. The van der Waals surface area contributed by atoms with Gasteiger partial charge in [-0.25, -0.2) is 8.42 Å². The summed E-state index contributed by atoms with van der Waals surface area (Å²) < 4.78 is 63.4. The van der Waals surface area contributed by atoms with Gasteiger partial charge in [-0.3, -0.25) is 19.7 Å². The van der Waals surface area contributed by atoms with E-state index in [1.54, 1.807) is 6.07 Å². The van der Waals surface area contributed by atoms with Crippen LogP contribution in [0.3, 0.4) is 0 Å². The van der Waals surface area contributed by atoms with E-state index in [0.29, 0.717) is 37.2 Å². The van der Waals surface area contributed by atoms with Crippen molar-refractivity contribution < 1.29 is 31.5 Å². The molecule has 8 nitrogen and oxygen atoms in total. The van der Waals surface area contributed by atoms with Crippen molar-refractivity contribution in [1.82, 2.24) is 20.2 Å². The van der Waals surface area contributed by atoms with Crippen molar-refractivity contribution in [1.29, 1.82) is 0 Å². The number of halogens is 3. The molecule has 0 bridgehead atoms. The Morgan fingerprint density at radius 2 is 1.85 bits per heavy atom. The Morgan fingerprint density at radius 1 is 1.15 bits per heavy atom. The third kappa shape index (κ3) is 6.66. The number of carbonyl (C=O) groups excluding carboxylic acids is 1. The van der Waals surface area contributed by atoms with Gasteiger partial charge in [0.1, 0.15) is 0 Å². The van der Waals surface area contributed by atoms with Gasteiger partial charge in [-0.1, -0.05) is 20.8 Å². The fraction of sp³-hybridized carbons (Fsp3) is 0.607. The van der Waals surface area contributed by atoms with E-state index in [-0.39, 0.29) is 41.4 Å². The highest BCUT2D eigenvalue weighted by molar-refractivity contribution is 7.91. The number of aliphatic hydroxyl groups is 1. The van der Waals surface area contributed by atoms with E-state index in [1.807, 2.05) is 0 Å². The van der Waals surface area contributed by atoms with Gasteiger partial charge in [0.2, 0.25) is 0 Å². The molecule has 220 valence electrons. The second-order valence-corrected chi connectivity index (χ2v) is 13.5. The van der Waals surface area contributed by atoms with Crippen molar-refractivity contribution >= 4 is 15.7 Å². The third-order valence-electron chi connectivity index (χ3n) is 8.09. The second-order valence-electron chi connectivity index (χ2n) is 11.2. The molecule has 1 aliphatic carbocycles. The van der Waals surface area contributed by atoms with Crippen LogP contribution in [-0.4, -0.2) is 59.4 Å². The predicted octanol–water partition coefficient (Wildman–Crippen LogP) is 4.62. The summed E-state index contributed by atoms with van der Waals surface area (Å²) in [5, 5.41) is 12.6. The summed E-state index contributed by atoms with van der Waals surface area (Å²) in [6, 6.07) is 3.83. The number of amides is 1. The quantitative estimate of drug-likeness (QED) is 0.444. The van der Waals surface area contributed by atoms with Gasteiger partial charge >= 0.3 is 6.18 Å². The fourth-order valence-corrected chi connectivity index (χ4v) is 6.67. The lowest BCUT2D eigenvalue weighted by molar-refractivity contribution is -0.184. The van der Waals surface area contributed by atoms with E-state index in [9.17, 15) is 31.5 Å². The number of hydrogen-bond donors (Lipinski definition) is 2. The summed E-state index contributed by atoms with van der Waals surface area (Å²) in [6.07, 6.45) is 0.0243. The van der Waals surface area contributed by atoms with Gasteiger partial charge < -0.3 is 10.4 Å². The summed E-state index contributed by atoms with van der Waals surface area (Å²) >= 11 is 0. The highest BCUT2D eigenvalue weighted by atomic mass is 32.2. The number of carbonyl (C=O) groups is 1. The first-order valence-electron chi connectivity index (χ1n) is 13.7. The molecule has 2 atom stereocenters. The van der Waals surface area contributed by atoms with Gasteiger partial charge in [-0.2, -0.15) is 13.2 Å². The highest BCUT2D eigenvalue weighted by Crippen LogP contribution is 2.43. The molecule has 1 unspecified atom stereocenters. The maximum Gasteiger partial charge on any atom is 0.391 e. The first-order chi connectivity index (χ1) is 18.8. The van der Waals surface area contributed by atoms with E-state index >= 15 is 0 Å². The summed E-state index contributed by atoms with van der Waals surface area (Å²) in [6.45, 7) is 6.53.